The molecule has 0 saturated carbocycles. The van der Waals surface area contributed by atoms with Crippen LogP contribution in [-0.4, -0.2) is 38.1 Å². The molecule has 0 radical (unpaired) electrons. The lowest BCUT2D eigenvalue weighted by atomic mass is 10.1. The van der Waals surface area contributed by atoms with Crippen LogP contribution in [0.1, 0.15) is 36.8 Å². The van der Waals surface area contributed by atoms with Gasteiger partial charge < -0.3 is 14.4 Å². The van der Waals surface area contributed by atoms with Crippen LogP contribution in [0.15, 0.2) is 12.1 Å². The summed E-state index contributed by atoms with van der Waals surface area (Å²) in [5.41, 5.74) is 1.91. The fraction of sp³-hybridized carbons (Fsp3) is 0.588. The molecule has 1 aromatic carbocycles. The van der Waals surface area contributed by atoms with E-state index in [1.165, 1.54) is 12.8 Å². The maximum absolute atomic E-state index is 12.5. The van der Waals surface area contributed by atoms with Gasteiger partial charge in [-0.15, -0.1) is 0 Å². The van der Waals surface area contributed by atoms with Gasteiger partial charge in [-0.05, 0) is 37.5 Å². The van der Waals surface area contributed by atoms with Crippen LogP contribution in [-0.2, 0) is 11.2 Å². The van der Waals surface area contributed by atoms with Crippen LogP contribution in [0.25, 0.3) is 0 Å². The van der Waals surface area contributed by atoms with Gasteiger partial charge in [0.15, 0.2) is 0 Å². The van der Waals surface area contributed by atoms with E-state index in [-0.39, 0.29) is 5.91 Å². The fourth-order valence-electron chi connectivity index (χ4n) is 2.85. The van der Waals surface area contributed by atoms with Gasteiger partial charge in [-0.1, -0.05) is 12.8 Å². The van der Waals surface area contributed by atoms with Crippen molar-refractivity contribution in [3.05, 3.63) is 23.3 Å². The van der Waals surface area contributed by atoms with Crippen molar-refractivity contribution < 1.29 is 14.3 Å². The van der Waals surface area contributed by atoms with Crippen molar-refractivity contribution in [2.45, 2.75) is 39.0 Å². The van der Waals surface area contributed by atoms with Crippen LogP contribution in [0.5, 0.6) is 11.5 Å². The first-order valence-corrected chi connectivity index (χ1v) is 7.65. The van der Waals surface area contributed by atoms with Gasteiger partial charge in [0, 0.05) is 18.7 Å². The monoisotopic (exact) mass is 291 g/mol. The lowest BCUT2D eigenvalue weighted by Crippen LogP contribution is -2.33. The predicted molar refractivity (Wildman–Crippen MR) is 83.0 cm³/mol. The van der Waals surface area contributed by atoms with Gasteiger partial charge in [0.25, 0.3) is 0 Å². The van der Waals surface area contributed by atoms with Crippen LogP contribution in [0.3, 0.4) is 0 Å². The first-order chi connectivity index (χ1) is 10.2. The lowest BCUT2D eigenvalue weighted by molar-refractivity contribution is -0.130. The summed E-state index contributed by atoms with van der Waals surface area (Å²) in [6.45, 7) is 3.73. The molecule has 1 saturated heterocycles. The zero-order chi connectivity index (χ0) is 15.2. The van der Waals surface area contributed by atoms with Crippen LogP contribution in [0, 0.1) is 6.92 Å². The molecule has 0 atom stereocenters. The van der Waals surface area contributed by atoms with Crippen molar-refractivity contribution in [3.63, 3.8) is 0 Å². The van der Waals surface area contributed by atoms with E-state index in [9.17, 15) is 4.79 Å². The number of carbonyl (C=O) groups excluding carboxylic acids is 1. The molecule has 21 heavy (non-hydrogen) atoms. The highest BCUT2D eigenvalue weighted by molar-refractivity contribution is 5.79. The topological polar surface area (TPSA) is 38.8 Å². The summed E-state index contributed by atoms with van der Waals surface area (Å²) >= 11 is 0. The van der Waals surface area contributed by atoms with Crippen molar-refractivity contribution in [2.24, 2.45) is 0 Å². The molecule has 1 fully saturated rings. The quantitative estimate of drug-likeness (QED) is 0.856. The molecule has 0 aliphatic carbocycles. The summed E-state index contributed by atoms with van der Waals surface area (Å²) in [6, 6.07) is 3.85. The van der Waals surface area contributed by atoms with E-state index in [1.54, 1.807) is 14.2 Å². The molecule has 0 spiro atoms. The summed E-state index contributed by atoms with van der Waals surface area (Å²) in [7, 11) is 3.29. The standard InChI is InChI=1S/C17H25NO3/c1-13-10-16(21-3)14(11-15(13)20-2)12-17(19)18-8-6-4-5-7-9-18/h10-11H,4-9,12H2,1-3H3. The van der Waals surface area contributed by atoms with Gasteiger partial charge in [-0.2, -0.15) is 0 Å². The van der Waals surface area contributed by atoms with E-state index in [4.69, 9.17) is 9.47 Å². The van der Waals surface area contributed by atoms with Crippen LogP contribution < -0.4 is 9.47 Å². The highest BCUT2D eigenvalue weighted by atomic mass is 16.5. The van der Waals surface area contributed by atoms with Crippen LogP contribution in [0.2, 0.25) is 0 Å². The molecule has 116 valence electrons. The number of methoxy groups -OCH3 is 2. The number of amides is 1. The summed E-state index contributed by atoms with van der Waals surface area (Å²) in [5.74, 6) is 1.74. The molecule has 1 aliphatic heterocycles. The average molecular weight is 291 g/mol. The third-order valence-corrected chi connectivity index (χ3v) is 4.10. The highest BCUT2D eigenvalue weighted by Crippen LogP contribution is 2.29. The Morgan fingerprint density at radius 1 is 1.05 bits per heavy atom. The normalized spacial score (nSPS) is 15.5. The zero-order valence-electron chi connectivity index (χ0n) is 13.3. The molecule has 2 rings (SSSR count). The largest absolute Gasteiger partial charge is 0.496 e. The maximum atomic E-state index is 12.5. The van der Waals surface area contributed by atoms with Gasteiger partial charge in [0.05, 0.1) is 20.6 Å². The number of carbonyl (C=O) groups is 1. The first-order valence-electron chi connectivity index (χ1n) is 7.65. The number of rotatable bonds is 4. The summed E-state index contributed by atoms with van der Waals surface area (Å²) in [5, 5.41) is 0. The molecule has 0 aromatic heterocycles. The molecular formula is C17H25NO3. The van der Waals surface area contributed by atoms with Crippen molar-refractivity contribution >= 4 is 5.91 Å². The Labute approximate surface area is 127 Å². The minimum absolute atomic E-state index is 0.182. The lowest BCUT2D eigenvalue weighted by Gasteiger charge is -2.21. The first kappa shape index (κ1) is 15.7. The molecule has 1 aliphatic rings. The Hall–Kier alpha value is -1.71. The molecule has 0 unspecified atom stereocenters. The number of likely N-dealkylation sites (tertiary alicyclic amines) is 1. The Kier molecular flexibility index (Phi) is 5.48. The summed E-state index contributed by atoms with van der Waals surface area (Å²) in [4.78, 5) is 14.5. The van der Waals surface area contributed by atoms with Gasteiger partial charge >= 0.3 is 0 Å². The summed E-state index contributed by atoms with van der Waals surface area (Å²) < 4.78 is 10.8. The van der Waals surface area contributed by atoms with E-state index >= 15 is 0 Å². The zero-order valence-corrected chi connectivity index (χ0v) is 13.3. The number of ether oxygens (including phenoxy) is 2. The third-order valence-electron chi connectivity index (χ3n) is 4.10. The van der Waals surface area contributed by atoms with Gasteiger partial charge in [0.2, 0.25) is 5.91 Å². The molecule has 0 bridgehead atoms. The molecule has 1 heterocycles. The smallest absolute Gasteiger partial charge is 0.227 e. The van der Waals surface area contributed by atoms with Gasteiger partial charge in [-0.25, -0.2) is 0 Å². The second kappa shape index (κ2) is 7.34. The highest BCUT2D eigenvalue weighted by Gasteiger charge is 2.18. The molecule has 1 amide bonds. The van der Waals surface area contributed by atoms with E-state index < -0.39 is 0 Å². The second-order valence-corrected chi connectivity index (χ2v) is 5.61. The Bertz CT molecular complexity index is 491. The van der Waals surface area contributed by atoms with E-state index in [0.29, 0.717) is 6.42 Å². The molecule has 1 aromatic rings. The predicted octanol–water partition coefficient (Wildman–Crippen LogP) is 2.96. The van der Waals surface area contributed by atoms with Crippen LogP contribution in [0.4, 0.5) is 0 Å². The molecule has 0 N–H and O–H groups in total. The fourth-order valence-corrected chi connectivity index (χ4v) is 2.85. The molecule has 4 nitrogen and oxygen atoms in total. The maximum Gasteiger partial charge on any atom is 0.227 e. The minimum atomic E-state index is 0.182. The molecule has 4 heteroatoms. The van der Waals surface area contributed by atoms with Crippen molar-refractivity contribution in [1.82, 2.24) is 4.90 Å². The van der Waals surface area contributed by atoms with E-state index in [1.807, 2.05) is 24.0 Å². The molecular weight excluding hydrogens is 266 g/mol. The van der Waals surface area contributed by atoms with Crippen molar-refractivity contribution in [1.29, 1.82) is 0 Å². The van der Waals surface area contributed by atoms with Crippen molar-refractivity contribution in [2.75, 3.05) is 27.3 Å². The summed E-state index contributed by atoms with van der Waals surface area (Å²) in [6.07, 6.45) is 5.05. The Morgan fingerprint density at radius 3 is 2.24 bits per heavy atom. The Balaban J connectivity index is 2.15. The van der Waals surface area contributed by atoms with Crippen LogP contribution >= 0.6 is 0 Å². The second-order valence-electron chi connectivity index (χ2n) is 5.61. The van der Waals surface area contributed by atoms with E-state index in [0.717, 1.165) is 48.6 Å². The van der Waals surface area contributed by atoms with Gasteiger partial charge in [-0.3, -0.25) is 4.79 Å². The number of hydrogen-bond donors (Lipinski definition) is 0. The Morgan fingerprint density at radius 2 is 1.67 bits per heavy atom. The third kappa shape index (κ3) is 3.90. The number of hydrogen-bond acceptors (Lipinski definition) is 3. The van der Waals surface area contributed by atoms with Crippen molar-refractivity contribution in [3.8, 4) is 11.5 Å². The number of benzene rings is 1. The number of nitrogens with zero attached hydrogens (tertiary/aromatic N) is 1. The average Bonchev–Trinajstić information content (AvgIpc) is 2.77. The minimum Gasteiger partial charge on any atom is -0.496 e. The van der Waals surface area contributed by atoms with E-state index in [2.05, 4.69) is 0 Å². The SMILES string of the molecule is COc1cc(CC(=O)N2CCCCCC2)c(OC)cc1C. The number of aryl methyl sites for hydroxylation is 1. The van der Waals surface area contributed by atoms with Gasteiger partial charge in [0.1, 0.15) is 11.5 Å².